The molecular formula is C13H10Cl2N2O4. The van der Waals surface area contributed by atoms with E-state index in [2.05, 4.69) is 9.97 Å². The third-order valence-corrected chi connectivity index (χ3v) is 2.81. The molecule has 0 atom stereocenters. The minimum Gasteiger partial charge on any atom is -0.485 e. The van der Waals surface area contributed by atoms with Crippen molar-refractivity contribution in [1.29, 1.82) is 0 Å². The maximum Gasteiger partial charge on any atom is 0.341 e. The number of carboxylic acids is 1. The average Bonchev–Trinajstić information content (AvgIpc) is 2.46. The number of pyridine rings is 2. The molecule has 0 unspecified atom stereocenters. The molecule has 0 radical (unpaired) electrons. The zero-order valence-corrected chi connectivity index (χ0v) is 12.1. The molecule has 0 bridgehead atoms. The highest BCUT2D eigenvalue weighted by molar-refractivity contribution is 6.32. The Kier molecular flexibility index (Phi) is 5.19. The first-order valence-corrected chi connectivity index (χ1v) is 6.53. The van der Waals surface area contributed by atoms with E-state index in [1.807, 2.05) is 0 Å². The van der Waals surface area contributed by atoms with Gasteiger partial charge in [0.15, 0.2) is 6.61 Å². The van der Waals surface area contributed by atoms with Crippen molar-refractivity contribution in [3.05, 3.63) is 46.3 Å². The molecule has 0 fully saturated rings. The normalized spacial score (nSPS) is 10.2. The fraction of sp³-hybridized carbons (Fsp3) is 0.154. The zero-order valence-electron chi connectivity index (χ0n) is 10.6. The van der Waals surface area contributed by atoms with Gasteiger partial charge in [-0.05, 0) is 12.1 Å². The summed E-state index contributed by atoms with van der Waals surface area (Å²) in [7, 11) is 0. The maximum atomic E-state index is 10.4. The summed E-state index contributed by atoms with van der Waals surface area (Å²) in [5, 5.41) is 9.36. The summed E-state index contributed by atoms with van der Waals surface area (Å²) in [5.41, 5.74) is 0.667. The van der Waals surface area contributed by atoms with Crippen LogP contribution >= 0.6 is 23.2 Å². The van der Waals surface area contributed by atoms with Crippen molar-refractivity contribution in [3.8, 4) is 11.6 Å². The molecule has 8 heteroatoms. The van der Waals surface area contributed by atoms with E-state index in [1.54, 1.807) is 12.1 Å². The van der Waals surface area contributed by atoms with Gasteiger partial charge in [0.05, 0.1) is 16.9 Å². The van der Waals surface area contributed by atoms with Gasteiger partial charge >= 0.3 is 5.97 Å². The summed E-state index contributed by atoms with van der Waals surface area (Å²) < 4.78 is 10.5. The summed E-state index contributed by atoms with van der Waals surface area (Å²) in [6, 6.07) is 4.84. The van der Waals surface area contributed by atoms with Crippen LogP contribution in [0.4, 0.5) is 0 Å². The number of hydrogen-bond donors (Lipinski definition) is 1. The van der Waals surface area contributed by atoms with E-state index in [-0.39, 0.29) is 17.5 Å². The molecule has 0 aliphatic rings. The first-order valence-electron chi connectivity index (χ1n) is 5.78. The summed E-state index contributed by atoms with van der Waals surface area (Å²) in [5.74, 6) is -0.663. The van der Waals surface area contributed by atoms with Gasteiger partial charge < -0.3 is 14.6 Å². The van der Waals surface area contributed by atoms with E-state index in [0.717, 1.165) is 0 Å². The molecule has 2 heterocycles. The molecule has 0 amide bonds. The molecule has 0 aliphatic heterocycles. The number of halogens is 2. The molecule has 2 aromatic heterocycles. The van der Waals surface area contributed by atoms with E-state index in [0.29, 0.717) is 16.5 Å². The van der Waals surface area contributed by atoms with Crippen molar-refractivity contribution in [2.45, 2.75) is 6.61 Å². The molecule has 1 N–H and O–H groups in total. The van der Waals surface area contributed by atoms with Crippen LogP contribution in [0.2, 0.25) is 10.0 Å². The second-order valence-electron chi connectivity index (χ2n) is 3.89. The van der Waals surface area contributed by atoms with E-state index in [1.165, 1.54) is 18.5 Å². The number of aromatic nitrogens is 2. The fourth-order valence-corrected chi connectivity index (χ4v) is 1.64. The predicted octanol–water partition coefficient (Wildman–Crippen LogP) is 2.83. The lowest BCUT2D eigenvalue weighted by atomic mass is 10.3. The van der Waals surface area contributed by atoms with E-state index in [4.69, 9.17) is 37.8 Å². The van der Waals surface area contributed by atoms with Crippen LogP contribution in [0.1, 0.15) is 5.69 Å². The summed E-state index contributed by atoms with van der Waals surface area (Å²) in [4.78, 5) is 18.4. The number of carbonyl (C=O) groups is 1. The quantitative estimate of drug-likeness (QED) is 0.878. The highest BCUT2D eigenvalue weighted by Gasteiger charge is 2.08. The first kappa shape index (κ1) is 15.3. The third kappa shape index (κ3) is 4.77. The number of carboxylic acid groups (broad SMARTS) is 1. The summed E-state index contributed by atoms with van der Waals surface area (Å²) in [6.07, 6.45) is 2.83. The van der Waals surface area contributed by atoms with Crippen LogP contribution in [0.25, 0.3) is 0 Å². The Morgan fingerprint density at radius 2 is 2.00 bits per heavy atom. The monoisotopic (exact) mass is 328 g/mol. The second kappa shape index (κ2) is 7.10. The second-order valence-corrected chi connectivity index (χ2v) is 4.74. The molecule has 2 rings (SSSR count). The van der Waals surface area contributed by atoms with Crippen molar-refractivity contribution in [2.75, 3.05) is 6.61 Å². The lowest BCUT2D eigenvalue weighted by Gasteiger charge is -2.09. The van der Waals surface area contributed by atoms with Gasteiger partial charge in [0.25, 0.3) is 0 Å². The highest BCUT2D eigenvalue weighted by atomic mass is 35.5. The van der Waals surface area contributed by atoms with E-state index >= 15 is 0 Å². The molecule has 0 saturated heterocycles. The molecule has 0 aromatic carbocycles. The Hall–Kier alpha value is -2.05. The maximum absolute atomic E-state index is 10.4. The van der Waals surface area contributed by atoms with Gasteiger partial charge in [-0.2, -0.15) is 0 Å². The molecule has 6 nitrogen and oxygen atoms in total. The number of hydrogen-bond acceptors (Lipinski definition) is 5. The number of ether oxygens (including phenoxy) is 2. The lowest BCUT2D eigenvalue weighted by Crippen LogP contribution is -2.10. The topological polar surface area (TPSA) is 81.5 Å². The van der Waals surface area contributed by atoms with Crippen LogP contribution in [-0.2, 0) is 11.4 Å². The van der Waals surface area contributed by atoms with E-state index in [9.17, 15) is 4.79 Å². The van der Waals surface area contributed by atoms with Crippen LogP contribution in [0.5, 0.6) is 11.6 Å². The van der Waals surface area contributed by atoms with Gasteiger partial charge in [-0.1, -0.05) is 23.2 Å². The molecule has 110 valence electrons. The van der Waals surface area contributed by atoms with Crippen molar-refractivity contribution in [2.24, 2.45) is 0 Å². The van der Waals surface area contributed by atoms with Gasteiger partial charge in [0, 0.05) is 12.3 Å². The Morgan fingerprint density at radius 1 is 1.19 bits per heavy atom. The van der Waals surface area contributed by atoms with Crippen molar-refractivity contribution in [3.63, 3.8) is 0 Å². The molecular weight excluding hydrogens is 319 g/mol. The minimum absolute atomic E-state index is 0.112. The van der Waals surface area contributed by atoms with Crippen molar-refractivity contribution >= 4 is 29.2 Å². The van der Waals surface area contributed by atoms with Gasteiger partial charge in [0.2, 0.25) is 5.88 Å². The fourth-order valence-electron chi connectivity index (χ4n) is 1.37. The van der Waals surface area contributed by atoms with Gasteiger partial charge in [0.1, 0.15) is 17.4 Å². The van der Waals surface area contributed by atoms with Gasteiger partial charge in [-0.25, -0.2) is 9.78 Å². The molecule has 2 aromatic rings. The van der Waals surface area contributed by atoms with E-state index < -0.39 is 12.6 Å². The molecule has 0 aliphatic carbocycles. The zero-order chi connectivity index (χ0) is 15.2. The molecule has 21 heavy (non-hydrogen) atoms. The number of aliphatic carboxylic acids is 1. The van der Waals surface area contributed by atoms with Crippen LogP contribution in [0.15, 0.2) is 30.6 Å². The van der Waals surface area contributed by atoms with Crippen molar-refractivity contribution < 1.29 is 19.4 Å². The Labute approximate surface area is 130 Å². The van der Waals surface area contributed by atoms with Gasteiger partial charge in [-0.3, -0.25) is 4.98 Å². The predicted molar refractivity (Wildman–Crippen MR) is 76.0 cm³/mol. The third-order valence-electron chi connectivity index (χ3n) is 2.30. The van der Waals surface area contributed by atoms with Crippen LogP contribution in [-0.4, -0.2) is 27.7 Å². The largest absolute Gasteiger partial charge is 0.485 e. The Morgan fingerprint density at radius 3 is 2.67 bits per heavy atom. The lowest BCUT2D eigenvalue weighted by molar-refractivity contribution is -0.139. The highest BCUT2D eigenvalue weighted by Crippen LogP contribution is 2.27. The van der Waals surface area contributed by atoms with Crippen LogP contribution in [0.3, 0.4) is 0 Å². The number of rotatable bonds is 6. The molecule has 0 saturated carbocycles. The molecule has 0 spiro atoms. The summed E-state index contributed by atoms with van der Waals surface area (Å²) in [6.45, 7) is -0.313. The first-order chi connectivity index (χ1) is 10.0. The van der Waals surface area contributed by atoms with Crippen molar-refractivity contribution in [1.82, 2.24) is 9.97 Å². The summed E-state index contributed by atoms with van der Waals surface area (Å²) >= 11 is 11.7. The smallest absolute Gasteiger partial charge is 0.341 e. The standard InChI is InChI=1S/C13H10Cl2N2O4/c14-8-1-2-9(16-4-8)6-20-11-3-12(17-5-10(11)15)21-7-13(18)19/h1-5H,6-7H2,(H,18,19). The Bertz CT molecular complexity index is 635. The number of nitrogens with zero attached hydrogens (tertiary/aromatic N) is 2. The van der Waals surface area contributed by atoms with Crippen LogP contribution < -0.4 is 9.47 Å². The SMILES string of the molecule is O=C(O)COc1cc(OCc2ccc(Cl)cn2)c(Cl)cn1. The van der Waals surface area contributed by atoms with Crippen LogP contribution in [0, 0.1) is 0 Å². The van der Waals surface area contributed by atoms with Gasteiger partial charge in [-0.15, -0.1) is 0 Å². The Balaban J connectivity index is 2.02. The average molecular weight is 329 g/mol. The minimum atomic E-state index is -1.10.